The Labute approximate surface area is 143 Å². The smallest absolute Gasteiger partial charge is 0.416 e. The zero-order valence-electron chi connectivity index (χ0n) is 13.9. The van der Waals surface area contributed by atoms with Crippen LogP contribution in [-0.4, -0.2) is 46.4 Å². The van der Waals surface area contributed by atoms with E-state index < -0.39 is 17.5 Å². The van der Waals surface area contributed by atoms with Crippen LogP contribution in [0.5, 0.6) is 5.75 Å². The first-order valence-electron chi connectivity index (χ1n) is 7.94. The average Bonchev–Trinajstić information content (AvgIpc) is 2.92. The summed E-state index contributed by atoms with van der Waals surface area (Å²) in [5.41, 5.74) is 0.410. The summed E-state index contributed by atoms with van der Waals surface area (Å²) in [7, 11) is 2.05. The minimum Gasteiger partial charge on any atom is -0.507 e. The van der Waals surface area contributed by atoms with E-state index in [0.29, 0.717) is 23.6 Å². The van der Waals surface area contributed by atoms with Crippen molar-refractivity contribution < 1.29 is 18.3 Å². The van der Waals surface area contributed by atoms with Crippen LogP contribution >= 0.6 is 0 Å². The van der Waals surface area contributed by atoms with Crippen molar-refractivity contribution in [2.45, 2.75) is 25.6 Å². The molecule has 2 heterocycles. The lowest BCUT2D eigenvalue weighted by molar-refractivity contribution is -0.137. The molecule has 0 saturated carbocycles. The van der Waals surface area contributed by atoms with Crippen molar-refractivity contribution in [2.24, 2.45) is 0 Å². The molecule has 0 aliphatic carbocycles. The molecule has 1 fully saturated rings. The lowest BCUT2D eigenvalue weighted by atomic mass is 10.0. The molecule has 134 valence electrons. The van der Waals surface area contributed by atoms with E-state index in [1.165, 1.54) is 6.07 Å². The predicted molar refractivity (Wildman–Crippen MR) is 88.4 cm³/mol. The maximum Gasteiger partial charge on any atom is 0.416 e. The Morgan fingerprint density at radius 2 is 2.00 bits per heavy atom. The highest BCUT2D eigenvalue weighted by molar-refractivity contribution is 5.70. The van der Waals surface area contributed by atoms with Crippen molar-refractivity contribution in [3.8, 4) is 17.0 Å². The van der Waals surface area contributed by atoms with Gasteiger partial charge in [0.1, 0.15) is 11.6 Å². The second kappa shape index (κ2) is 6.51. The molecule has 5 nitrogen and oxygen atoms in total. The molecule has 1 aliphatic rings. The molecule has 1 aromatic carbocycles. The average molecular weight is 352 g/mol. The Bertz CT molecular complexity index is 779. The van der Waals surface area contributed by atoms with Crippen LogP contribution in [0.3, 0.4) is 0 Å². The van der Waals surface area contributed by atoms with Gasteiger partial charge in [-0.3, -0.25) is 0 Å². The van der Waals surface area contributed by atoms with E-state index in [-0.39, 0.29) is 5.56 Å². The number of likely N-dealkylation sites (N-methyl/N-ethyl adjacent to an activating group) is 1. The van der Waals surface area contributed by atoms with Gasteiger partial charge < -0.3 is 15.3 Å². The molecule has 2 aromatic rings. The number of phenolic OH excluding ortho intramolecular Hbond substituents is 1. The van der Waals surface area contributed by atoms with E-state index in [9.17, 15) is 18.3 Å². The molecule has 3 rings (SSSR count). The monoisotopic (exact) mass is 352 g/mol. The summed E-state index contributed by atoms with van der Waals surface area (Å²) in [4.78, 5) is 2.21. The number of anilines is 1. The van der Waals surface area contributed by atoms with E-state index >= 15 is 0 Å². The third kappa shape index (κ3) is 3.84. The number of aromatic nitrogens is 2. The van der Waals surface area contributed by atoms with Gasteiger partial charge in [-0.05, 0) is 56.8 Å². The first-order valence-corrected chi connectivity index (χ1v) is 7.94. The summed E-state index contributed by atoms with van der Waals surface area (Å²) in [6.45, 7) is 3.72. The predicted octanol–water partition coefficient (Wildman–Crippen LogP) is 3.29. The number of phenols is 1. The highest BCUT2D eigenvalue weighted by Crippen LogP contribution is 2.36. The Kier molecular flexibility index (Phi) is 4.55. The minimum absolute atomic E-state index is 0.227. The van der Waals surface area contributed by atoms with Crippen molar-refractivity contribution in [1.82, 2.24) is 15.1 Å². The molecular formula is C17H19F3N4O. The SMILES string of the molecule is Cc1cc(N[C@@H]2CCN(C)C2)nnc1-c1ccc(C(F)(F)F)cc1O. The summed E-state index contributed by atoms with van der Waals surface area (Å²) in [6, 6.07) is 4.93. The van der Waals surface area contributed by atoms with Crippen LogP contribution in [0.25, 0.3) is 11.3 Å². The van der Waals surface area contributed by atoms with Gasteiger partial charge in [-0.25, -0.2) is 0 Å². The third-order valence-electron chi connectivity index (χ3n) is 4.31. The van der Waals surface area contributed by atoms with Crippen molar-refractivity contribution >= 4 is 5.82 Å². The summed E-state index contributed by atoms with van der Waals surface area (Å²) in [5, 5.41) is 21.5. The van der Waals surface area contributed by atoms with E-state index in [1.54, 1.807) is 13.0 Å². The van der Waals surface area contributed by atoms with Crippen molar-refractivity contribution in [1.29, 1.82) is 0 Å². The zero-order valence-corrected chi connectivity index (χ0v) is 13.9. The van der Waals surface area contributed by atoms with Crippen LogP contribution in [0.4, 0.5) is 19.0 Å². The first kappa shape index (κ1) is 17.5. The fourth-order valence-corrected chi connectivity index (χ4v) is 2.99. The quantitative estimate of drug-likeness (QED) is 0.888. The molecule has 1 aliphatic heterocycles. The van der Waals surface area contributed by atoms with E-state index in [1.807, 2.05) is 0 Å². The number of likely N-dealkylation sites (tertiary alicyclic amines) is 1. The van der Waals surface area contributed by atoms with Crippen LogP contribution in [0.1, 0.15) is 17.5 Å². The number of alkyl halides is 3. The van der Waals surface area contributed by atoms with E-state index in [0.717, 1.165) is 31.1 Å². The molecule has 0 spiro atoms. The lowest BCUT2D eigenvalue weighted by Crippen LogP contribution is -2.24. The van der Waals surface area contributed by atoms with Gasteiger partial charge in [0.05, 0.1) is 11.3 Å². The Hall–Kier alpha value is -2.35. The fraction of sp³-hybridized carbons (Fsp3) is 0.412. The number of aryl methyl sites for hydroxylation is 1. The molecular weight excluding hydrogens is 333 g/mol. The highest BCUT2D eigenvalue weighted by atomic mass is 19.4. The van der Waals surface area contributed by atoms with Gasteiger partial charge in [0.25, 0.3) is 0 Å². The molecule has 1 atom stereocenters. The fourth-order valence-electron chi connectivity index (χ4n) is 2.99. The second-order valence-corrected chi connectivity index (χ2v) is 6.38. The maximum atomic E-state index is 12.7. The van der Waals surface area contributed by atoms with Gasteiger partial charge in [0.2, 0.25) is 0 Å². The van der Waals surface area contributed by atoms with Crippen LogP contribution in [-0.2, 0) is 6.18 Å². The molecule has 25 heavy (non-hydrogen) atoms. The zero-order chi connectivity index (χ0) is 18.2. The van der Waals surface area contributed by atoms with Crippen molar-refractivity contribution in [2.75, 3.05) is 25.5 Å². The first-order chi connectivity index (χ1) is 11.7. The summed E-state index contributed by atoms with van der Waals surface area (Å²) >= 11 is 0. The Morgan fingerprint density at radius 3 is 2.56 bits per heavy atom. The van der Waals surface area contributed by atoms with E-state index in [2.05, 4.69) is 27.5 Å². The second-order valence-electron chi connectivity index (χ2n) is 6.38. The van der Waals surface area contributed by atoms with Crippen LogP contribution in [0, 0.1) is 6.92 Å². The topological polar surface area (TPSA) is 61.3 Å². The number of halogens is 3. The molecule has 1 saturated heterocycles. The van der Waals surface area contributed by atoms with Gasteiger partial charge in [0.15, 0.2) is 0 Å². The number of benzene rings is 1. The standard InChI is InChI=1S/C17H19F3N4O/c1-10-7-15(21-12-5-6-24(2)9-12)22-23-16(10)13-4-3-11(8-14(13)25)17(18,19)20/h3-4,7-8,12,25H,5-6,9H2,1-2H3,(H,21,22)/t12-/m1/s1. The number of nitrogens with one attached hydrogen (secondary N) is 1. The maximum absolute atomic E-state index is 12.7. The number of rotatable bonds is 3. The van der Waals surface area contributed by atoms with Gasteiger partial charge >= 0.3 is 6.18 Å². The minimum atomic E-state index is -4.50. The number of hydrogen-bond donors (Lipinski definition) is 2. The molecule has 0 amide bonds. The number of hydrogen-bond acceptors (Lipinski definition) is 5. The van der Waals surface area contributed by atoms with Crippen LogP contribution in [0.2, 0.25) is 0 Å². The Morgan fingerprint density at radius 1 is 1.24 bits per heavy atom. The molecule has 8 heteroatoms. The Balaban J connectivity index is 1.83. The normalized spacial score (nSPS) is 18.5. The summed E-state index contributed by atoms with van der Waals surface area (Å²) in [5.74, 6) is 0.151. The molecule has 0 radical (unpaired) electrons. The summed E-state index contributed by atoms with van der Waals surface area (Å²) < 4.78 is 38.1. The third-order valence-corrected chi connectivity index (χ3v) is 4.31. The highest BCUT2D eigenvalue weighted by Gasteiger charge is 2.31. The van der Waals surface area contributed by atoms with Gasteiger partial charge in [-0.2, -0.15) is 13.2 Å². The van der Waals surface area contributed by atoms with Gasteiger partial charge in [0, 0.05) is 18.2 Å². The molecule has 1 aromatic heterocycles. The van der Waals surface area contributed by atoms with Crippen LogP contribution < -0.4 is 5.32 Å². The summed E-state index contributed by atoms with van der Waals surface area (Å²) in [6.07, 6.45) is -3.49. The van der Waals surface area contributed by atoms with Gasteiger partial charge in [-0.1, -0.05) is 0 Å². The largest absolute Gasteiger partial charge is 0.507 e. The molecule has 0 bridgehead atoms. The van der Waals surface area contributed by atoms with Crippen molar-refractivity contribution in [3.63, 3.8) is 0 Å². The van der Waals surface area contributed by atoms with Crippen LogP contribution in [0.15, 0.2) is 24.3 Å². The lowest BCUT2D eigenvalue weighted by Gasteiger charge is -2.15. The van der Waals surface area contributed by atoms with Gasteiger partial charge in [-0.15, -0.1) is 10.2 Å². The number of nitrogens with zero attached hydrogens (tertiary/aromatic N) is 3. The number of aromatic hydroxyl groups is 1. The molecule has 2 N–H and O–H groups in total. The molecule has 0 unspecified atom stereocenters. The van der Waals surface area contributed by atoms with E-state index in [4.69, 9.17) is 0 Å². The van der Waals surface area contributed by atoms with Crippen molar-refractivity contribution in [3.05, 3.63) is 35.4 Å².